The Kier molecular flexibility index (Phi) is 1.45. The van der Waals surface area contributed by atoms with E-state index in [1.807, 2.05) is 6.07 Å². The average Bonchev–Trinajstić information content (AvgIpc) is 2.14. The SMILES string of the molecule is N#C[C@H]1C[C@@H](F)CN1. The van der Waals surface area contributed by atoms with Gasteiger partial charge in [-0.3, -0.25) is 5.32 Å². The standard InChI is InChI=1S/C5H7FN2/c6-4-1-5(2-7)8-3-4/h4-5,8H,1,3H2/t4-,5-/m1/s1. The molecule has 0 bridgehead atoms. The molecule has 2 nitrogen and oxygen atoms in total. The third-order valence-corrected chi connectivity index (χ3v) is 1.23. The Bertz CT molecular complexity index is 118. The van der Waals surface area contributed by atoms with Gasteiger partial charge in [0.25, 0.3) is 0 Å². The number of hydrogen-bond acceptors (Lipinski definition) is 2. The second-order valence-electron chi connectivity index (χ2n) is 1.92. The lowest BCUT2D eigenvalue weighted by atomic mass is 10.2. The first-order valence-electron chi connectivity index (χ1n) is 2.60. The van der Waals surface area contributed by atoms with E-state index >= 15 is 0 Å². The zero-order valence-electron chi connectivity index (χ0n) is 4.39. The third kappa shape index (κ3) is 0.958. The summed E-state index contributed by atoms with van der Waals surface area (Å²) in [5, 5.41) is 10.9. The van der Waals surface area contributed by atoms with Gasteiger partial charge < -0.3 is 0 Å². The molecule has 0 saturated carbocycles. The number of rotatable bonds is 0. The molecular formula is C5H7FN2. The molecule has 1 N–H and O–H groups in total. The van der Waals surface area contributed by atoms with Gasteiger partial charge in [0.05, 0.1) is 12.1 Å². The summed E-state index contributed by atoms with van der Waals surface area (Å²) < 4.78 is 12.1. The van der Waals surface area contributed by atoms with E-state index < -0.39 is 6.17 Å². The predicted octanol–water partition coefficient (Wildman–Crippen LogP) is 0.210. The van der Waals surface area contributed by atoms with Gasteiger partial charge in [0.1, 0.15) is 6.17 Å². The molecule has 0 aliphatic carbocycles. The van der Waals surface area contributed by atoms with E-state index in [2.05, 4.69) is 5.32 Å². The highest BCUT2D eigenvalue weighted by molar-refractivity contribution is 4.96. The number of nitrogens with one attached hydrogen (secondary N) is 1. The number of nitriles is 1. The van der Waals surface area contributed by atoms with Crippen LogP contribution < -0.4 is 5.32 Å². The Morgan fingerprint density at radius 3 is 2.75 bits per heavy atom. The third-order valence-electron chi connectivity index (χ3n) is 1.23. The quantitative estimate of drug-likeness (QED) is 0.488. The normalized spacial score (nSPS) is 37.0. The van der Waals surface area contributed by atoms with E-state index in [0.29, 0.717) is 13.0 Å². The van der Waals surface area contributed by atoms with Gasteiger partial charge in [-0.1, -0.05) is 0 Å². The van der Waals surface area contributed by atoms with Gasteiger partial charge in [-0.15, -0.1) is 0 Å². The van der Waals surface area contributed by atoms with Gasteiger partial charge in [0.15, 0.2) is 0 Å². The van der Waals surface area contributed by atoms with Crippen LogP contribution in [0.4, 0.5) is 4.39 Å². The van der Waals surface area contributed by atoms with E-state index in [1.165, 1.54) is 0 Å². The first-order valence-corrected chi connectivity index (χ1v) is 2.60. The monoisotopic (exact) mass is 114 g/mol. The van der Waals surface area contributed by atoms with Crippen molar-refractivity contribution in [1.29, 1.82) is 5.26 Å². The summed E-state index contributed by atoms with van der Waals surface area (Å²) in [6, 6.07) is 1.70. The van der Waals surface area contributed by atoms with Crippen molar-refractivity contribution >= 4 is 0 Å². The van der Waals surface area contributed by atoms with Crippen LogP contribution in [0.2, 0.25) is 0 Å². The smallest absolute Gasteiger partial charge is 0.115 e. The molecule has 44 valence electrons. The topological polar surface area (TPSA) is 35.8 Å². The highest BCUT2D eigenvalue weighted by atomic mass is 19.1. The summed E-state index contributed by atoms with van der Waals surface area (Å²) in [6.07, 6.45) is -0.448. The zero-order valence-corrected chi connectivity index (χ0v) is 4.39. The predicted molar refractivity (Wildman–Crippen MR) is 26.9 cm³/mol. The fourth-order valence-electron chi connectivity index (χ4n) is 0.791. The van der Waals surface area contributed by atoms with Crippen LogP contribution in [-0.2, 0) is 0 Å². The lowest BCUT2D eigenvalue weighted by Gasteiger charge is -1.91. The number of hydrogen-bond donors (Lipinski definition) is 1. The number of alkyl halides is 1. The fraction of sp³-hybridized carbons (Fsp3) is 0.800. The van der Waals surface area contributed by atoms with Gasteiger partial charge in [0.2, 0.25) is 0 Å². The Morgan fingerprint density at radius 1 is 1.75 bits per heavy atom. The van der Waals surface area contributed by atoms with Crippen LogP contribution in [0.1, 0.15) is 6.42 Å². The van der Waals surface area contributed by atoms with Gasteiger partial charge in [-0.2, -0.15) is 5.26 Å². The van der Waals surface area contributed by atoms with Crippen LogP contribution in [0, 0.1) is 11.3 Å². The van der Waals surface area contributed by atoms with Crippen molar-refractivity contribution < 1.29 is 4.39 Å². The Labute approximate surface area is 47.3 Å². The van der Waals surface area contributed by atoms with Crippen LogP contribution in [0.25, 0.3) is 0 Å². The van der Waals surface area contributed by atoms with Gasteiger partial charge in [-0.25, -0.2) is 4.39 Å². The molecule has 3 heteroatoms. The van der Waals surface area contributed by atoms with E-state index in [1.54, 1.807) is 0 Å². The van der Waals surface area contributed by atoms with Gasteiger partial charge in [-0.05, 0) is 0 Å². The molecular weight excluding hydrogens is 107 g/mol. The average molecular weight is 114 g/mol. The van der Waals surface area contributed by atoms with Gasteiger partial charge in [0, 0.05) is 13.0 Å². The molecule has 0 aromatic heterocycles. The van der Waals surface area contributed by atoms with Crippen molar-refractivity contribution in [1.82, 2.24) is 5.32 Å². The second-order valence-corrected chi connectivity index (χ2v) is 1.92. The molecule has 8 heavy (non-hydrogen) atoms. The number of halogens is 1. The minimum absolute atomic E-state index is 0.245. The van der Waals surface area contributed by atoms with Crippen molar-refractivity contribution in [3.8, 4) is 6.07 Å². The first-order chi connectivity index (χ1) is 3.83. The Morgan fingerprint density at radius 2 is 2.50 bits per heavy atom. The molecule has 0 amide bonds. The van der Waals surface area contributed by atoms with Crippen LogP contribution in [0.5, 0.6) is 0 Å². The van der Waals surface area contributed by atoms with Crippen LogP contribution in [0.15, 0.2) is 0 Å². The summed E-state index contributed by atoms with van der Waals surface area (Å²) in [5.41, 5.74) is 0. The minimum Gasteiger partial charge on any atom is -0.299 e. The first kappa shape index (κ1) is 5.52. The van der Waals surface area contributed by atoms with Crippen LogP contribution >= 0.6 is 0 Å². The molecule has 1 rings (SSSR count). The molecule has 1 heterocycles. The molecule has 0 aromatic carbocycles. The largest absolute Gasteiger partial charge is 0.299 e. The fourth-order valence-corrected chi connectivity index (χ4v) is 0.791. The Balaban J connectivity index is 2.35. The maximum Gasteiger partial charge on any atom is 0.115 e. The van der Waals surface area contributed by atoms with Crippen molar-refractivity contribution in [2.75, 3.05) is 6.54 Å². The molecule has 0 radical (unpaired) electrons. The van der Waals surface area contributed by atoms with E-state index in [4.69, 9.17) is 5.26 Å². The lowest BCUT2D eigenvalue weighted by molar-refractivity contribution is 0.359. The number of nitrogens with zero attached hydrogens (tertiary/aromatic N) is 1. The molecule has 0 aromatic rings. The van der Waals surface area contributed by atoms with Crippen molar-refractivity contribution in [3.63, 3.8) is 0 Å². The lowest BCUT2D eigenvalue weighted by Crippen LogP contribution is -2.18. The van der Waals surface area contributed by atoms with Gasteiger partial charge >= 0.3 is 0 Å². The van der Waals surface area contributed by atoms with E-state index in [9.17, 15) is 4.39 Å². The van der Waals surface area contributed by atoms with Crippen molar-refractivity contribution in [2.24, 2.45) is 0 Å². The Hall–Kier alpha value is -0.620. The highest BCUT2D eigenvalue weighted by Crippen LogP contribution is 2.07. The molecule has 1 saturated heterocycles. The van der Waals surface area contributed by atoms with Crippen molar-refractivity contribution in [3.05, 3.63) is 0 Å². The molecule has 1 aliphatic rings. The summed E-state index contributed by atoms with van der Waals surface area (Å²) in [7, 11) is 0. The summed E-state index contributed by atoms with van der Waals surface area (Å²) in [5.74, 6) is 0. The molecule has 1 fully saturated rings. The maximum absolute atomic E-state index is 12.1. The summed E-state index contributed by atoms with van der Waals surface area (Å²) in [4.78, 5) is 0. The second kappa shape index (κ2) is 2.10. The molecule has 0 unspecified atom stereocenters. The zero-order chi connectivity index (χ0) is 5.98. The minimum atomic E-state index is -0.806. The summed E-state index contributed by atoms with van der Waals surface area (Å²) >= 11 is 0. The van der Waals surface area contributed by atoms with E-state index in [-0.39, 0.29) is 6.04 Å². The van der Waals surface area contributed by atoms with Crippen LogP contribution in [0.3, 0.4) is 0 Å². The molecule has 2 atom stereocenters. The maximum atomic E-state index is 12.1. The van der Waals surface area contributed by atoms with E-state index in [0.717, 1.165) is 0 Å². The summed E-state index contributed by atoms with van der Waals surface area (Å²) in [6.45, 7) is 0.345. The van der Waals surface area contributed by atoms with Crippen molar-refractivity contribution in [2.45, 2.75) is 18.6 Å². The molecule has 0 spiro atoms. The van der Waals surface area contributed by atoms with Crippen LogP contribution in [-0.4, -0.2) is 18.8 Å². The molecule has 1 aliphatic heterocycles. The highest BCUT2D eigenvalue weighted by Gasteiger charge is 2.22.